The van der Waals surface area contributed by atoms with E-state index in [9.17, 15) is 14.7 Å². The molecule has 1 N–H and O–H groups in total. The fraction of sp³-hybridized carbons (Fsp3) is 0.600. The zero-order valence-electron chi connectivity index (χ0n) is 11.8. The van der Waals surface area contributed by atoms with Gasteiger partial charge in [-0.05, 0) is 41.7 Å². The van der Waals surface area contributed by atoms with Crippen LogP contribution >= 0.6 is 11.3 Å². The molecule has 0 saturated carbocycles. The number of thiophene rings is 1. The van der Waals surface area contributed by atoms with Crippen molar-refractivity contribution in [2.75, 3.05) is 13.1 Å². The first kappa shape index (κ1) is 15.0. The lowest BCUT2D eigenvalue weighted by atomic mass is 9.76. The SMILES string of the molecule is CCCC1(C(=O)O)CCCN(C(=O)Cc2ccsc2)C1. The van der Waals surface area contributed by atoms with Crippen LogP contribution in [-0.2, 0) is 16.0 Å². The average molecular weight is 295 g/mol. The van der Waals surface area contributed by atoms with Gasteiger partial charge < -0.3 is 10.0 Å². The second kappa shape index (κ2) is 6.39. The zero-order valence-corrected chi connectivity index (χ0v) is 12.6. The number of carbonyl (C=O) groups is 2. The summed E-state index contributed by atoms with van der Waals surface area (Å²) in [5.74, 6) is -0.711. The molecule has 20 heavy (non-hydrogen) atoms. The van der Waals surface area contributed by atoms with Crippen molar-refractivity contribution in [3.05, 3.63) is 22.4 Å². The average Bonchev–Trinajstić information content (AvgIpc) is 2.92. The van der Waals surface area contributed by atoms with Gasteiger partial charge in [-0.2, -0.15) is 11.3 Å². The van der Waals surface area contributed by atoms with Gasteiger partial charge in [-0.3, -0.25) is 9.59 Å². The molecule has 110 valence electrons. The third-order valence-corrected chi connectivity index (χ3v) is 4.78. The number of aliphatic carboxylic acids is 1. The van der Waals surface area contributed by atoms with Gasteiger partial charge in [0, 0.05) is 13.1 Å². The molecule has 2 rings (SSSR count). The minimum Gasteiger partial charge on any atom is -0.481 e. The highest BCUT2D eigenvalue weighted by atomic mass is 32.1. The molecule has 0 spiro atoms. The van der Waals surface area contributed by atoms with Crippen LogP contribution in [0, 0.1) is 5.41 Å². The molecule has 5 heteroatoms. The number of hydrogen-bond donors (Lipinski definition) is 1. The Bertz CT molecular complexity index is 467. The van der Waals surface area contributed by atoms with Crippen LogP contribution in [0.4, 0.5) is 0 Å². The minimum atomic E-state index is -0.757. The highest BCUT2D eigenvalue weighted by Gasteiger charge is 2.42. The maximum atomic E-state index is 12.3. The smallest absolute Gasteiger partial charge is 0.311 e. The Kier molecular flexibility index (Phi) is 4.81. The second-order valence-electron chi connectivity index (χ2n) is 5.56. The molecule has 1 aliphatic rings. The Balaban J connectivity index is 2.05. The molecule has 1 aliphatic heterocycles. The summed E-state index contributed by atoms with van der Waals surface area (Å²) in [5, 5.41) is 13.5. The number of amides is 1. The van der Waals surface area contributed by atoms with Crippen LogP contribution in [0.25, 0.3) is 0 Å². The Labute approximate surface area is 123 Å². The zero-order chi connectivity index (χ0) is 14.6. The molecule has 1 aromatic heterocycles. The molecule has 4 nitrogen and oxygen atoms in total. The first-order chi connectivity index (χ1) is 9.57. The van der Waals surface area contributed by atoms with Gasteiger partial charge in [0.25, 0.3) is 0 Å². The fourth-order valence-corrected chi connectivity index (χ4v) is 3.66. The molecule has 0 radical (unpaired) electrons. The molecule has 1 unspecified atom stereocenters. The lowest BCUT2D eigenvalue weighted by molar-refractivity contribution is -0.155. The van der Waals surface area contributed by atoms with Gasteiger partial charge in [0.1, 0.15) is 0 Å². The number of carboxylic acids is 1. The Hall–Kier alpha value is -1.36. The lowest BCUT2D eigenvalue weighted by Crippen LogP contribution is -2.50. The van der Waals surface area contributed by atoms with Crippen LogP contribution in [0.2, 0.25) is 0 Å². The van der Waals surface area contributed by atoms with Crippen molar-refractivity contribution in [2.45, 2.75) is 39.0 Å². The maximum Gasteiger partial charge on any atom is 0.311 e. The number of carboxylic acid groups (broad SMARTS) is 1. The van der Waals surface area contributed by atoms with Crippen LogP contribution < -0.4 is 0 Å². The number of carbonyl (C=O) groups excluding carboxylic acids is 1. The van der Waals surface area contributed by atoms with E-state index in [0.29, 0.717) is 32.4 Å². The fourth-order valence-electron chi connectivity index (χ4n) is 2.99. The monoisotopic (exact) mass is 295 g/mol. The van der Waals surface area contributed by atoms with Gasteiger partial charge in [0.2, 0.25) is 5.91 Å². The molecule has 0 aliphatic carbocycles. The van der Waals surface area contributed by atoms with E-state index in [0.717, 1.165) is 18.4 Å². The van der Waals surface area contributed by atoms with E-state index < -0.39 is 11.4 Å². The lowest BCUT2D eigenvalue weighted by Gasteiger charge is -2.40. The first-order valence-corrected chi connectivity index (χ1v) is 8.04. The molecule has 1 saturated heterocycles. The third kappa shape index (κ3) is 3.20. The summed E-state index contributed by atoms with van der Waals surface area (Å²) in [6, 6.07) is 1.95. The summed E-state index contributed by atoms with van der Waals surface area (Å²) in [6.45, 7) is 3.04. The van der Waals surface area contributed by atoms with Crippen LogP contribution in [0.1, 0.15) is 38.2 Å². The molecule has 2 heterocycles. The molecular formula is C15H21NO3S. The van der Waals surface area contributed by atoms with Gasteiger partial charge >= 0.3 is 5.97 Å². The first-order valence-electron chi connectivity index (χ1n) is 7.09. The third-order valence-electron chi connectivity index (χ3n) is 4.05. The highest BCUT2D eigenvalue weighted by molar-refractivity contribution is 7.07. The molecule has 0 bridgehead atoms. The predicted molar refractivity (Wildman–Crippen MR) is 78.8 cm³/mol. The van der Waals surface area contributed by atoms with Gasteiger partial charge in [0.15, 0.2) is 0 Å². The van der Waals surface area contributed by atoms with E-state index in [2.05, 4.69) is 0 Å². The summed E-state index contributed by atoms with van der Waals surface area (Å²) in [6.07, 6.45) is 3.31. The standard InChI is InChI=1S/C15H21NO3S/c1-2-5-15(14(18)19)6-3-7-16(11-15)13(17)9-12-4-8-20-10-12/h4,8,10H,2-3,5-7,9,11H2,1H3,(H,18,19). The number of likely N-dealkylation sites (tertiary alicyclic amines) is 1. The molecule has 1 amide bonds. The van der Waals surface area contributed by atoms with Crippen LogP contribution in [0.15, 0.2) is 16.8 Å². The van der Waals surface area contributed by atoms with E-state index in [1.165, 1.54) is 0 Å². The van der Waals surface area contributed by atoms with Crippen molar-refractivity contribution < 1.29 is 14.7 Å². The summed E-state index contributed by atoms with van der Waals surface area (Å²) >= 11 is 1.58. The topological polar surface area (TPSA) is 57.6 Å². The van der Waals surface area contributed by atoms with Crippen molar-refractivity contribution >= 4 is 23.2 Å². The van der Waals surface area contributed by atoms with Gasteiger partial charge in [0.05, 0.1) is 11.8 Å². The van der Waals surface area contributed by atoms with E-state index in [1.807, 2.05) is 23.8 Å². The van der Waals surface area contributed by atoms with Crippen LogP contribution in [0.3, 0.4) is 0 Å². The number of rotatable bonds is 5. The predicted octanol–water partition coefficient (Wildman–Crippen LogP) is 2.78. The molecule has 0 aromatic carbocycles. The Morgan fingerprint density at radius 3 is 2.90 bits per heavy atom. The van der Waals surface area contributed by atoms with E-state index >= 15 is 0 Å². The van der Waals surface area contributed by atoms with Gasteiger partial charge in [-0.15, -0.1) is 0 Å². The summed E-state index contributed by atoms with van der Waals surface area (Å²) in [4.78, 5) is 25.7. The largest absolute Gasteiger partial charge is 0.481 e. The number of piperidine rings is 1. The quantitative estimate of drug-likeness (QED) is 0.908. The maximum absolute atomic E-state index is 12.3. The normalized spacial score (nSPS) is 22.8. The molecular weight excluding hydrogens is 274 g/mol. The number of hydrogen-bond acceptors (Lipinski definition) is 3. The Morgan fingerprint density at radius 1 is 1.50 bits per heavy atom. The van der Waals surface area contributed by atoms with E-state index in [4.69, 9.17) is 0 Å². The van der Waals surface area contributed by atoms with Crippen molar-refractivity contribution in [2.24, 2.45) is 5.41 Å². The summed E-state index contributed by atoms with van der Waals surface area (Å²) < 4.78 is 0. The highest BCUT2D eigenvalue weighted by Crippen LogP contribution is 2.35. The van der Waals surface area contributed by atoms with Crippen molar-refractivity contribution in [3.8, 4) is 0 Å². The second-order valence-corrected chi connectivity index (χ2v) is 6.34. The van der Waals surface area contributed by atoms with Crippen molar-refractivity contribution in [3.63, 3.8) is 0 Å². The Morgan fingerprint density at radius 2 is 2.30 bits per heavy atom. The summed E-state index contributed by atoms with van der Waals surface area (Å²) in [5.41, 5.74) is 0.277. The van der Waals surface area contributed by atoms with Crippen LogP contribution in [-0.4, -0.2) is 35.0 Å². The molecule has 1 atom stereocenters. The van der Waals surface area contributed by atoms with Crippen molar-refractivity contribution in [1.29, 1.82) is 0 Å². The summed E-state index contributed by atoms with van der Waals surface area (Å²) in [7, 11) is 0. The van der Waals surface area contributed by atoms with Gasteiger partial charge in [-0.1, -0.05) is 13.3 Å². The molecule has 1 aromatic rings. The molecule has 1 fully saturated rings. The van der Waals surface area contributed by atoms with Crippen molar-refractivity contribution in [1.82, 2.24) is 4.90 Å². The van der Waals surface area contributed by atoms with Gasteiger partial charge in [-0.25, -0.2) is 0 Å². The number of nitrogens with zero attached hydrogens (tertiary/aromatic N) is 1. The van der Waals surface area contributed by atoms with Crippen LogP contribution in [0.5, 0.6) is 0 Å². The van der Waals surface area contributed by atoms with E-state index in [-0.39, 0.29) is 5.91 Å². The minimum absolute atomic E-state index is 0.0461. The van der Waals surface area contributed by atoms with E-state index in [1.54, 1.807) is 16.2 Å².